The van der Waals surface area contributed by atoms with Crippen LogP contribution in [0.2, 0.25) is 5.02 Å². The van der Waals surface area contributed by atoms with Crippen molar-refractivity contribution in [1.82, 2.24) is 0 Å². The van der Waals surface area contributed by atoms with Crippen LogP contribution in [0.15, 0.2) is 42.5 Å². The first kappa shape index (κ1) is 14.4. The van der Waals surface area contributed by atoms with E-state index in [1.54, 1.807) is 0 Å². The minimum absolute atomic E-state index is 0.0500. The quantitative estimate of drug-likeness (QED) is 0.749. The molecule has 0 aliphatic carbocycles. The summed E-state index contributed by atoms with van der Waals surface area (Å²) in [5.41, 5.74) is -0.581. The molecule has 0 radical (unpaired) electrons. The summed E-state index contributed by atoms with van der Waals surface area (Å²) in [6.07, 6.45) is -3.94. The van der Waals surface area contributed by atoms with E-state index in [-0.39, 0.29) is 16.5 Å². The van der Waals surface area contributed by atoms with Crippen LogP contribution in [0.5, 0.6) is 11.5 Å². The molecule has 6 heteroatoms. The van der Waals surface area contributed by atoms with Crippen molar-refractivity contribution in [1.29, 1.82) is 0 Å². The second-order valence-corrected chi connectivity index (χ2v) is 4.31. The molecule has 2 rings (SSSR count). The van der Waals surface area contributed by atoms with Crippen molar-refractivity contribution < 1.29 is 22.7 Å². The van der Waals surface area contributed by atoms with Gasteiger partial charge in [-0.1, -0.05) is 23.7 Å². The van der Waals surface area contributed by atoms with Crippen LogP contribution in [-0.4, -0.2) is 6.29 Å². The molecule has 0 aromatic heterocycles. The number of hydrogen-bond donors (Lipinski definition) is 0. The molecule has 2 nitrogen and oxygen atoms in total. The molecule has 20 heavy (non-hydrogen) atoms. The van der Waals surface area contributed by atoms with Gasteiger partial charge in [-0.2, -0.15) is 13.2 Å². The maximum absolute atomic E-state index is 12.8. The zero-order chi connectivity index (χ0) is 14.8. The smallest absolute Gasteiger partial charge is 0.419 e. The predicted molar refractivity (Wildman–Crippen MR) is 68.4 cm³/mol. The Balaban J connectivity index is 2.38. The van der Waals surface area contributed by atoms with Crippen LogP contribution in [0, 0.1) is 0 Å². The number of alkyl halides is 3. The standard InChI is InChI=1S/C14H8ClF3O2/c15-11-7-9(8-19)5-6-13(11)20-12-4-2-1-3-10(12)14(16,17)18/h1-8H. The molecule has 2 aromatic carbocycles. The zero-order valence-corrected chi connectivity index (χ0v) is 10.7. The zero-order valence-electron chi connectivity index (χ0n) is 9.95. The molecule has 2 aromatic rings. The third-order valence-corrected chi connectivity index (χ3v) is 2.80. The van der Waals surface area contributed by atoms with Crippen molar-refractivity contribution in [3.63, 3.8) is 0 Å². The van der Waals surface area contributed by atoms with E-state index >= 15 is 0 Å². The van der Waals surface area contributed by atoms with Gasteiger partial charge in [-0.05, 0) is 30.3 Å². The first-order chi connectivity index (χ1) is 9.41. The SMILES string of the molecule is O=Cc1ccc(Oc2ccccc2C(F)(F)F)c(Cl)c1. The Kier molecular flexibility index (Phi) is 3.99. The Labute approximate surface area is 117 Å². The monoisotopic (exact) mass is 300 g/mol. The van der Waals surface area contributed by atoms with E-state index in [1.807, 2.05) is 0 Å². The molecule has 0 unspecified atom stereocenters. The molecule has 0 aliphatic heterocycles. The molecule has 104 valence electrons. The maximum atomic E-state index is 12.8. The average molecular weight is 301 g/mol. The Morgan fingerprint density at radius 3 is 2.35 bits per heavy atom. The number of aldehydes is 1. The van der Waals surface area contributed by atoms with E-state index < -0.39 is 11.7 Å². The van der Waals surface area contributed by atoms with Crippen molar-refractivity contribution in [3.05, 3.63) is 58.6 Å². The Hall–Kier alpha value is -2.01. The first-order valence-electron chi connectivity index (χ1n) is 5.50. The summed E-state index contributed by atoms with van der Waals surface area (Å²) in [4.78, 5) is 10.6. The van der Waals surface area contributed by atoms with Gasteiger partial charge in [0.15, 0.2) is 0 Å². The number of hydrogen-bond acceptors (Lipinski definition) is 2. The molecule has 0 saturated carbocycles. The Bertz CT molecular complexity index is 639. The predicted octanol–water partition coefficient (Wildman–Crippen LogP) is 4.96. The number of para-hydroxylation sites is 1. The molecule has 0 fully saturated rings. The van der Waals surface area contributed by atoms with Crippen LogP contribution in [-0.2, 0) is 6.18 Å². The summed E-state index contributed by atoms with van der Waals surface area (Å²) in [7, 11) is 0. The summed E-state index contributed by atoms with van der Waals surface area (Å²) in [6, 6.07) is 8.89. The summed E-state index contributed by atoms with van der Waals surface area (Å²) in [5, 5.41) is 0.0616. The van der Waals surface area contributed by atoms with Gasteiger partial charge < -0.3 is 4.74 Å². The van der Waals surface area contributed by atoms with Crippen LogP contribution in [0.25, 0.3) is 0 Å². The Morgan fingerprint density at radius 2 is 1.75 bits per heavy atom. The van der Waals surface area contributed by atoms with Gasteiger partial charge in [0, 0.05) is 5.56 Å². The number of carbonyl (C=O) groups excluding carboxylic acids is 1. The molecule has 0 N–H and O–H groups in total. The topological polar surface area (TPSA) is 26.3 Å². The van der Waals surface area contributed by atoms with Gasteiger partial charge in [-0.3, -0.25) is 4.79 Å². The number of rotatable bonds is 3. The molecule has 0 bridgehead atoms. The number of halogens is 4. The summed E-state index contributed by atoms with van der Waals surface area (Å²) >= 11 is 5.86. The van der Waals surface area contributed by atoms with Gasteiger partial charge >= 0.3 is 6.18 Å². The number of carbonyl (C=O) groups is 1. The number of benzene rings is 2. The fourth-order valence-corrected chi connectivity index (χ4v) is 1.81. The highest BCUT2D eigenvalue weighted by Crippen LogP contribution is 2.39. The second-order valence-electron chi connectivity index (χ2n) is 3.90. The fourth-order valence-electron chi connectivity index (χ4n) is 1.58. The van der Waals surface area contributed by atoms with E-state index in [2.05, 4.69) is 0 Å². The highest BCUT2D eigenvalue weighted by atomic mass is 35.5. The summed E-state index contributed by atoms with van der Waals surface area (Å²) in [5.74, 6) is -0.297. The van der Waals surface area contributed by atoms with Gasteiger partial charge in [0.05, 0.1) is 10.6 Å². The fraction of sp³-hybridized carbons (Fsp3) is 0.0714. The van der Waals surface area contributed by atoms with Gasteiger partial charge in [0.1, 0.15) is 17.8 Å². The van der Waals surface area contributed by atoms with Gasteiger partial charge in [-0.15, -0.1) is 0 Å². The third-order valence-electron chi connectivity index (χ3n) is 2.50. The second kappa shape index (κ2) is 5.54. The largest absolute Gasteiger partial charge is 0.455 e. The minimum Gasteiger partial charge on any atom is -0.455 e. The van der Waals surface area contributed by atoms with Crippen molar-refractivity contribution >= 4 is 17.9 Å². The average Bonchev–Trinajstić information content (AvgIpc) is 2.40. The van der Waals surface area contributed by atoms with Gasteiger partial charge in [-0.25, -0.2) is 0 Å². The van der Waals surface area contributed by atoms with Gasteiger partial charge in [0.25, 0.3) is 0 Å². The number of ether oxygens (including phenoxy) is 1. The summed E-state index contributed by atoms with van der Waals surface area (Å²) < 4.78 is 43.6. The molecule has 0 atom stereocenters. The molecular formula is C14H8ClF3O2. The molecule has 0 saturated heterocycles. The van der Waals surface area contributed by atoms with Gasteiger partial charge in [0.2, 0.25) is 0 Å². The van der Waals surface area contributed by atoms with E-state index in [0.29, 0.717) is 11.8 Å². The highest BCUT2D eigenvalue weighted by molar-refractivity contribution is 6.32. The van der Waals surface area contributed by atoms with Crippen LogP contribution in [0.3, 0.4) is 0 Å². The highest BCUT2D eigenvalue weighted by Gasteiger charge is 2.34. The molecule has 0 aliphatic rings. The summed E-state index contributed by atoms with van der Waals surface area (Å²) in [6.45, 7) is 0. The lowest BCUT2D eigenvalue weighted by molar-refractivity contribution is -0.138. The lowest BCUT2D eigenvalue weighted by Crippen LogP contribution is -2.06. The molecule has 0 spiro atoms. The molecular weight excluding hydrogens is 293 g/mol. The van der Waals surface area contributed by atoms with E-state index in [9.17, 15) is 18.0 Å². The lowest BCUT2D eigenvalue weighted by atomic mass is 10.2. The molecule has 0 heterocycles. The van der Waals surface area contributed by atoms with Crippen LogP contribution >= 0.6 is 11.6 Å². The first-order valence-corrected chi connectivity index (χ1v) is 5.88. The lowest BCUT2D eigenvalue weighted by Gasteiger charge is -2.14. The minimum atomic E-state index is -4.52. The van der Waals surface area contributed by atoms with Crippen molar-refractivity contribution in [2.75, 3.05) is 0 Å². The van der Waals surface area contributed by atoms with Crippen LogP contribution in [0.1, 0.15) is 15.9 Å². The van der Waals surface area contributed by atoms with Crippen LogP contribution < -0.4 is 4.74 Å². The van der Waals surface area contributed by atoms with Crippen molar-refractivity contribution in [2.45, 2.75) is 6.18 Å². The van der Waals surface area contributed by atoms with Crippen molar-refractivity contribution in [2.24, 2.45) is 0 Å². The van der Waals surface area contributed by atoms with E-state index in [0.717, 1.165) is 6.07 Å². The van der Waals surface area contributed by atoms with E-state index in [1.165, 1.54) is 36.4 Å². The van der Waals surface area contributed by atoms with Crippen molar-refractivity contribution in [3.8, 4) is 11.5 Å². The van der Waals surface area contributed by atoms with Crippen LogP contribution in [0.4, 0.5) is 13.2 Å². The normalized spacial score (nSPS) is 11.2. The maximum Gasteiger partial charge on any atom is 0.419 e. The van der Waals surface area contributed by atoms with E-state index in [4.69, 9.17) is 16.3 Å². The Morgan fingerprint density at radius 1 is 1.05 bits per heavy atom. The third kappa shape index (κ3) is 3.11. The molecule has 0 amide bonds.